The highest BCUT2D eigenvalue weighted by atomic mass is 79.9. The largest absolute Gasteiger partial charge is 0.494 e. The van der Waals surface area contributed by atoms with Crippen molar-refractivity contribution in [1.82, 2.24) is 0 Å². The summed E-state index contributed by atoms with van der Waals surface area (Å²) in [6.45, 7) is 2.50. The lowest BCUT2D eigenvalue weighted by molar-refractivity contribution is 0.103. The molecular weight excluding hydrogens is 386 g/mol. The lowest BCUT2D eigenvalue weighted by Crippen LogP contribution is -2.04. The van der Waals surface area contributed by atoms with Crippen molar-refractivity contribution < 1.29 is 9.53 Å². The molecule has 0 aliphatic rings. The SMILES string of the molecule is CCOc1ccc(C(=O)c2ccc(Br)c(N)c2)c(Br)c1. The summed E-state index contributed by atoms with van der Waals surface area (Å²) in [5, 5.41) is 0. The highest BCUT2D eigenvalue weighted by Gasteiger charge is 2.14. The number of ketones is 1. The highest BCUT2D eigenvalue weighted by molar-refractivity contribution is 9.11. The Morgan fingerprint density at radius 3 is 2.50 bits per heavy atom. The Balaban J connectivity index is 2.35. The van der Waals surface area contributed by atoms with Crippen molar-refractivity contribution in [3.8, 4) is 5.75 Å². The van der Waals surface area contributed by atoms with Gasteiger partial charge in [0.25, 0.3) is 0 Å². The number of nitrogen functional groups attached to an aromatic ring is 1. The summed E-state index contributed by atoms with van der Waals surface area (Å²) in [6.07, 6.45) is 0. The second kappa shape index (κ2) is 6.41. The van der Waals surface area contributed by atoms with Gasteiger partial charge < -0.3 is 10.5 Å². The Hall–Kier alpha value is -1.33. The molecule has 2 rings (SSSR count). The molecule has 0 aromatic heterocycles. The molecule has 0 radical (unpaired) electrons. The first-order chi connectivity index (χ1) is 9.52. The van der Waals surface area contributed by atoms with Crippen LogP contribution in [0.1, 0.15) is 22.8 Å². The fourth-order valence-corrected chi connectivity index (χ4v) is 2.56. The molecule has 0 saturated heterocycles. The van der Waals surface area contributed by atoms with E-state index in [1.165, 1.54) is 0 Å². The summed E-state index contributed by atoms with van der Waals surface area (Å²) in [7, 11) is 0. The minimum absolute atomic E-state index is 0.0841. The van der Waals surface area contributed by atoms with Gasteiger partial charge in [0, 0.05) is 25.8 Å². The second-order valence-corrected chi connectivity index (χ2v) is 5.85. The Morgan fingerprint density at radius 2 is 1.90 bits per heavy atom. The van der Waals surface area contributed by atoms with Crippen LogP contribution in [0.25, 0.3) is 0 Å². The minimum atomic E-state index is -0.0841. The van der Waals surface area contributed by atoms with Crippen molar-refractivity contribution in [3.05, 3.63) is 56.5 Å². The Morgan fingerprint density at radius 1 is 1.15 bits per heavy atom. The standard InChI is InChI=1S/C15H13Br2NO2/c1-2-20-10-4-5-11(13(17)8-10)15(19)9-3-6-12(16)14(18)7-9/h3-8H,2,18H2,1H3. The topological polar surface area (TPSA) is 52.3 Å². The van der Waals surface area contributed by atoms with E-state index in [0.717, 1.165) is 10.2 Å². The molecule has 104 valence electrons. The van der Waals surface area contributed by atoms with Gasteiger partial charge in [0.1, 0.15) is 5.75 Å². The fourth-order valence-electron chi connectivity index (χ4n) is 1.78. The van der Waals surface area contributed by atoms with Crippen LogP contribution in [0.2, 0.25) is 0 Å². The molecule has 0 unspecified atom stereocenters. The fraction of sp³-hybridized carbons (Fsp3) is 0.133. The van der Waals surface area contributed by atoms with Crippen LogP contribution >= 0.6 is 31.9 Å². The Labute approximate surface area is 134 Å². The molecule has 0 aliphatic heterocycles. The summed E-state index contributed by atoms with van der Waals surface area (Å²) in [4.78, 5) is 12.5. The quantitative estimate of drug-likeness (QED) is 0.612. The van der Waals surface area contributed by atoms with Crippen molar-refractivity contribution in [2.24, 2.45) is 0 Å². The smallest absolute Gasteiger partial charge is 0.194 e. The van der Waals surface area contributed by atoms with Crippen LogP contribution in [-0.2, 0) is 0 Å². The Kier molecular flexibility index (Phi) is 4.83. The second-order valence-electron chi connectivity index (χ2n) is 4.14. The number of anilines is 1. The molecular formula is C15H13Br2NO2. The number of benzene rings is 2. The molecule has 3 nitrogen and oxygen atoms in total. The lowest BCUT2D eigenvalue weighted by atomic mass is 10.0. The van der Waals surface area contributed by atoms with Crippen LogP contribution in [-0.4, -0.2) is 12.4 Å². The summed E-state index contributed by atoms with van der Waals surface area (Å²) < 4.78 is 6.88. The Bertz CT molecular complexity index is 656. The first-order valence-corrected chi connectivity index (χ1v) is 7.63. The predicted molar refractivity (Wildman–Crippen MR) is 87.3 cm³/mol. The van der Waals surface area contributed by atoms with Gasteiger partial charge in [-0.05, 0) is 75.2 Å². The number of rotatable bonds is 4. The van der Waals surface area contributed by atoms with Crippen molar-refractivity contribution >= 4 is 43.3 Å². The molecule has 0 atom stereocenters. The lowest BCUT2D eigenvalue weighted by Gasteiger charge is -2.08. The number of ether oxygens (including phenoxy) is 1. The molecule has 0 aliphatic carbocycles. The zero-order valence-electron chi connectivity index (χ0n) is 10.8. The normalized spacial score (nSPS) is 10.3. The average molecular weight is 399 g/mol. The van der Waals surface area contributed by atoms with Gasteiger partial charge in [-0.3, -0.25) is 4.79 Å². The first kappa shape index (κ1) is 15.1. The third-order valence-corrected chi connectivity index (χ3v) is 4.13. The van der Waals surface area contributed by atoms with Crippen LogP contribution in [0, 0.1) is 0 Å². The molecule has 2 N–H and O–H groups in total. The number of carbonyl (C=O) groups is 1. The minimum Gasteiger partial charge on any atom is -0.494 e. The van der Waals surface area contributed by atoms with E-state index in [2.05, 4.69) is 31.9 Å². The van der Waals surface area contributed by atoms with Crippen molar-refractivity contribution in [1.29, 1.82) is 0 Å². The van der Waals surface area contributed by atoms with E-state index in [1.807, 2.05) is 6.92 Å². The predicted octanol–water partition coefficient (Wildman–Crippen LogP) is 4.42. The van der Waals surface area contributed by atoms with Crippen molar-refractivity contribution in [2.75, 3.05) is 12.3 Å². The van der Waals surface area contributed by atoms with Crippen LogP contribution < -0.4 is 10.5 Å². The van der Waals surface area contributed by atoms with E-state index >= 15 is 0 Å². The zero-order valence-corrected chi connectivity index (χ0v) is 14.0. The molecule has 0 fully saturated rings. The van der Waals surface area contributed by atoms with E-state index in [-0.39, 0.29) is 5.78 Å². The third-order valence-electron chi connectivity index (χ3n) is 2.75. The van der Waals surface area contributed by atoms with Gasteiger partial charge in [-0.25, -0.2) is 0 Å². The molecule has 5 heteroatoms. The van der Waals surface area contributed by atoms with Gasteiger partial charge in [0.05, 0.1) is 6.61 Å². The summed E-state index contributed by atoms with van der Waals surface area (Å²) >= 11 is 6.72. The average Bonchev–Trinajstić information content (AvgIpc) is 2.42. The molecule has 0 saturated carbocycles. The van der Waals surface area contributed by atoms with Crippen LogP contribution in [0.5, 0.6) is 5.75 Å². The number of hydrogen-bond donors (Lipinski definition) is 1. The zero-order chi connectivity index (χ0) is 14.7. The summed E-state index contributed by atoms with van der Waals surface area (Å²) in [5.74, 6) is 0.644. The molecule has 0 bridgehead atoms. The molecule has 2 aromatic rings. The van der Waals surface area contributed by atoms with E-state index in [9.17, 15) is 4.79 Å². The van der Waals surface area contributed by atoms with Gasteiger partial charge in [0.15, 0.2) is 5.78 Å². The molecule has 2 aromatic carbocycles. The van der Waals surface area contributed by atoms with Gasteiger partial charge in [-0.15, -0.1) is 0 Å². The monoisotopic (exact) mass is 397 g/mol. The maximum atomic E-state index is 12.5. The van der Waals surface area contributed by atoms with Crippen LogP contribution in [0.4, 0.5) is 5.69 Å². The number of halogens is 2. The molecule has 20 heavy (non-hydrogen) atoms. The van der Waals surface area contributed by atoms with Crippen molar-refractivity contribution in [2.45, 2.75) is 6.92 Å². The molecule has 0 heterocycles. The molecule has 0 spiro atoms. The maximum Gasteiger partial charge on any atom is 0.194 e. The van der Waals surface area contributed by atoms with E-state index in [4.69, 9.17) is 10.5 Å². The van der Waals surface area contributed by atoms with Crippen LogP contribution in [0.3, 0.4) is 0 Å². The van der Waals surface area contributed by atoms with E-state index < -0.39 is 0 Å². The number of nitrogens with two attached hydrogens (primary N) is 1. The van der Waals surface area contributed by atoms with E-state index in [0.29, 0.717) is 27.9 Å². The molecule has 0 amide bonds. The third kappa shape index (κ3) is 3.22. The van der Waals surface area contributed by atoms with Crippen LogP contribution in [0.15, 0.2) is 45.3 Å². The first-order valence-electron chi connectivity index (χ1n) is 6.05. The number of hydrogen-bond acceptors (Lipinski definition) is 3. The summed E-state index contributed by atoms with van der Waals surface area (Å²) in [6, 6.07) is 10.5. The van der Waals surface area contributed by atoms with Gasteiger partial charge in [0.2, 0.25) is 0 Å². The maximum absolute atomic E-state index is 12.5. The van der Waals surface area contributed by atoms with E-state index in [1.54, 1.807) is 36.4 Å². The van der Waals surface area contributed by atoms with Gasteiger partial charge in [-0.1, -0.05) is 0 Å². The van der Waals surface area contributed by atoms with Crippen molar-refractivity contribution in [3.63, 3.8) is 0 Å². The number of carbonyl (C=O) groups excluding carboxylic acids is 1. The summed E-state index contributed by atoms with van der Waals surface area (Å²) in [5.41, 5.74) is 7.48. The van der Waals surface area contributed by atoms with Gasteiger partial charge >= 0.3 is 0 Å². The highest BCUT2D eigenvalue weighted by Crippen LogP contribution is 2.27. The van der Waals surface area contributed by atoms with Gasteiger partial charge in [-0.2, -0.15) is 0 Å².